The fraction of sp³-hybridized carbons (Fsp3) is 0.179. The molecule has 1 saturated carbocycles. The summed E-state index contributed by atoms with van der Waals surface area (Å²) in [6.45, 7) is 4.68. The van der Waals surface area contributed by atoms with Crippen molar-refractivity contribution in [3.63, 3.8) is 0 Å². The second-order valence-electron chi connectivity index (χ2n) is 11.8. The molecule has 0 unspecified atom stereocenters. The molecule has 1 aliphatic rings. The Kier molecular flexibility index (Phi) is 8.54. The highest BCUT2D eigenvalue weighted by molar-refractivity contribution is 6.06. The Balaban J connectivity index is 1.19. The van der Waals surface area contributed by atoms with Gasteiger partial charge in [-0.1, -0.05) is 97.6 Å². The zero-order valence-electron chi connectivity index (χ0n) is 26.4. The first kappa shape index (κ1) is 31.0. The van der Waals surface area contributed by atoms with Gasteiger partial charge in [0, 0.05) is 24.0 Å². The molecule has 9 nitrogen and oxygen atoms in total. The van der Waals surface area contributed by atoms with E-state index in [-0.39, 0.29) is 30.4 Å². The minimum Gasteiger partial charge on any atom is -0.497 e. The molecule has 9 heteroatoms. The zero-order valence-corrected chi connectivity index (χ0v) is 26.4. The van der Waals surface area contributed by atoms with Crippen molar-refractivity contribution in [1.82, 2.24) is 19.5 Å². The molecule has 2 heterocycles. The molecule has 240 valence electrons. The van der Waals surface area contributed by atoms with Crippen LogP contribution in [0.25, 0.3) is 11.2 Å². The molecular weight excluding hydrogens is 602 g/mol. The van der Waals surface area contributed by atoms with Gasteiger partial charge in [-0.2, -0.15) is 0 Å². The summed E-state index contributed by atoms with van der Waals surface area (Å²) in [7, 11) is 1.65. The number of rotatable bonds is 11. The van der Waals surface area contributed by atoms with Crippen LogP contribution in [0.2, 0.25) is 0 Å². The number of carbonyl (C=O) groups excluding carboxylic acids is 1. The largest absolute Gasteiger partial charge is 0.497 e. The normalized spacial score (nSPS) is 17.5. The van der Waals surface area contributed by atoms with Gasteiger partial charge in [0.05, 0.1) is 26.1 Å². The predicted octanol–water partition coefficient (Wildman–Crippen LogP) is 6.43. The van der Waals surface area contributed by atoms with Crippen LogP contribution < -0.4 is 10.1 Å². The highest BCUT2D eigenvalue weighted by Crippen LogP contribution is 2.51. The first-order valence-electron chi connectivity index (χ1n) is 15.8. The number of imidazole rings is 1. The topological polar surface area (TPSA) is 111 Å². The quantitative estimate of drug-likeness (QED) is 0.124. The lowest BCUT2D eigenvalue weighted by Crippen LogP contribution is -2.47. The van der Waals surface area contributed by atoms with Crippen molar-refractivity contribution in [2.45, 2.75) is 11.6 Å². The Hall–Kier alpha value is -5.64. The Bertz CT molecular complexity index is 1990. The average molecular weight is 638 g/mol. The maximum atomic E-state index is 12.9. The predicted molar refractivity (Wildman–Crippen MR) is 184 cm³/mol. The number of nitrogens with zero attached hydrogens (tertiary/aromatic N) is 4. The first-order valence-corrected chi connectivity index (χ1v) is 15.8. The fourth-order valence-electron chi connectivity index (χ4n) is 6.77. The smallest absolute Gasteiger partial charge is 0.256 e. The van der Waals surface area contributed by atoms with Crippen LogP contribution in [0.1, 0.15) is 33.1 Å². The molecule has 48 heavy (non-hydrogen) atoms. The summed E-state index contributed by atoms with van der Waals surface area (Å²) in [5.74, 6) is 0.409. The molecule has 6 aromatic rings. The number of anilines is 1. The minimum atomic E-state index is -0.943. The molecule has 3 atom stereocenters. The number of hydrogen-bond acceptors (Lipinski definition) is 7. The maximum Gasteiger partial charge on any atom is 0.256 e. The zero-order chi connectivity index (χ0) is 33.1. The summed E-state index contributed by atoms with van der Waals surface area (Å²) < 4.78 is 14.5. The van der Waals surface area contributed by atoms with Crippen molar-refractivity contribution < 1.29 is 19.4 Å². The molecular formula is C39H35N5O4. The Morgan fingerprint density at radius 1 is 0.854 bits per heavy atom. The molecule has 0 spiro atoms. The number of methoxy groups -OCH3 is 1. The van der Waals surface area contributed by atoms with Crippen molar-refractivity contribution in [3.8, 4) is 5.75 Å². The third kappa shape index (κ3) is 5.42. The van der Waals surface area contributed by atoms with Gasteiger partial charge >= 0.3 is 0 Å². The molecule has 0 aliphatic heterocycles. The van der Waals surface area contributed by atoms with Gasteiger partial charge in [0.15, 0.2) is 17.0 Å². The monoisotopic (exact) mass is 637 g/mol. The van der Waals surface area contributed by atoms with Gasteiger partial charge in [0.25, 0.3) is 5.91 Å². The number of ether oxygens (including phenoxy) is 2. The van der Waals surface area contributed by atoms with E-state index in [0.717, 1.165) is 28.0 Å². The second kappa shape index (κ2) is 13.2. The highest BCUT2D eigenvalue weighted by atomic mass is 16.5. The molecule has 0 saturated heterocycles. The number of nitrogens with one attached hydrogen (secondary N) is 1. The van der Waals surface area contributed by atoms with Gasteiger partial charge in [-0.3, -0.25) is 4.79 Å². The lowest BCUT2D eigenvalue weighted by atomic mass is 9.66. The average Bonchev–Trinajstić information content (AvgIpc) is 3.57. The van der Waals surface area contributed by atoms with Crippen LogP contribution >= 0.6 is 0 Å². The van der Waals surface area contributed by atoms with Gasteiger partial charge < -0.3 is 24.5 Å². The van der Waals surface area contributed by atoms with Crippen molar-refractivity contribution in [1.29, 1.82) is 0 Å². The van der Waals surface area contributed by atoms with Crippen LogP contribution in [0.15, 0.2) is 140 Å². The van der Waals surface area contributed by atoms with E-state index in [2.05, 4.69) is 51.1 Å². The number of benzene rings is 4. The molecule has 0 bridgehead atoms. The molecule has 7 rings (SSSR count). The van der Waals surface area contributed by atoms with E-state index in [0.29, 0.717) is 29.2 Å². The summed E-state index contributed by atoms with van der Waals surface area (Å²) in [6, 6.07) is 36.9. The third-order valence-electron chi connectivity index (χ3n) is 9.25. The molecule has 0 radical (unpaired) electrons. The van der Waals surface area contributed by atoms with Crippen LogP contribution in [0.3, 0.4) is 0 Å². The Labute approximate surface area is 278 Å². The first-order chi connectivity index (χ1) is 23.5. The fourth-order valence-corrected chi connectivity index (χ4v) is 6.77. The number of hydrogen-bond donors (Lipinski definition) is 2. The second-order valence-corrected chi connectivity index (χ2v) is 11.8. The number of aliphatic hydroxyl groups is 1. The number of aromatic nitrogens is 4. The Morgan fingerprint density at radius 3 is 2.06 bits per heavy atom. The molecule has 1 amide bonds. The van der Waals surface area contributed by atoms with Crippen LogP contribution in [-0.2, 0) is 10.3 Å². The van der Waals surface area contributed by atoms with Gasteiger partial charge in [-0.15, -0.1) is 0 Å². The van der Waals surface area contributed by atoms with E-state index < -0.39 is 5.60 Å². The van der Waals surface area contributed by atoms with Crippen LogP contribution in [-0.4, -0.2) is 50.9 Å². The summed E-state index contributed by atoms with van der Waals surface area (Å²) in [5.41, 5.74) is 4.36. The van der Waals surface area contributed by atoms with Gasteiger partial charge in [-0.05, 0) is 46.5 Å². The van der Waals surface area contributed by atoms with E-state index in [4.69, 9.17) is 9.47 Å². The van der Waals surface area contributed by atoms with Crippen molar-refractivity contribution in [2.24, 2.45) is 11.8 Å². The van der Waals surface area contributed by atoms with Crippen molar-refractivity contribution in [3.05, 3.63) is 162 Å². The number of carbonyl (C=O) groups is 1. The van der Waals surface area contributed by atoms with Crippen molar-refractivity contribution in [2.75, 3.05) is 25.6 Å². The Morgan fingerprint density at radius 2 is 1.46 bits per heavy atom. The SMILES string of the molecule is C=C1[C@@H](COC(c2ccccc2)(c2ccccc2)c2ccc(OC)cc2)[C@H](CO)[C@H]1n1cnc2c(NC(=O)c3ccccc3)ncnc21. The molecule has 4 aromatic carbocycles. The lowest BCUT2D eigenvalue weighted by molar-refractivity contribution is -0.0433. The van der Waals surface area contributed by atoms with E-state index in [1.54, 1.807) is 37.7 Å². The summed E-state index contributed by atoms with van der Waals surface area (Å²) in [6.07, 6.45) is 3.07. The minimum absolute atomic E-state index is 0.0910. The van der Waals surface area contributed by atoms with E-state index in [9.17, 15) is 9.90 Å². The lowest BCUT2D eigenvalue weighted by Gasteiger charge is -2.48. The summed E-state index contributed by atoms with van der Waals surface area (Å²) in [5, 5.41) is 13.6. The molecule has 2 N–H and O–H groups in total. The number of fused-ring (bicyclic) bond motifs is 1. The summed E-state index contributed by atoms with van der Waals surface area (Å²) in [4.78, 5) is 26.3. The standard InChI is InChI=1S/C39H35N5O4/c1-26-33(23-48-39(28-14-8-4-9-15-28,29-16-10-5-11-17-29)30-18-20-31(47-2)21-19-30)32(22-45)35(26)44-25-42-34-36(40-24-41-37(34)44)43-38(46)27-12-6-3-7-13-27/h3-21,24-25,32-33,35,45H,1,22-23H2,2H3,(H,40,41,43,46)/t32-,33+,35-/m0/s1. The van der Waals surface area contributed by atoms with Gasteiger partial charge in [-0.25, -0.2) is 15.0 Å². The van der Waals surface area contributed by atoms with Crippen LogP contribution in [0.5, 0.6) is 5.75 Å². The van der Waals surface area contributed by atoms with Gasteiger partial charge in [0.1, 0.15) is 17.7 Å². The maximum absolute atomic E-state index is 12.9. The number of amides is 1. The van der Waals surface area contributed by atoms with E-state index >= 15 is 0 Å². The van der Waals surface area contributed by atoms with E-state index in [1.807, 2.05) is 71.3 Å². The van der Waals surface area contributed by atoms with E-state index in [1.165, 1.54) is 6.33 Å². The van der Waals surface area contributed by atoms with Crippen LogP contribution in [0, 0.1) is 11.8 Å². The third-order valence-corrected chi connectivity index (χ3v) is 9.25. The highest BCUT2D eigenvalue weighted by Gasteiger charge is 2.48. The van der Waals surface area contributed by atoms with Crippen LogP contribution in [0.4, 0.5) is 5.82 Å². The van der Waals surface area contributed by atoms with Crippen molar-refractivity contribution >= 4 is 22.9 Å². The van der Waals surface area contributed by atoms with Gasteiger partial charge in [0.2, 0.25) is 0 Å². The molecule has 1 aliphatic carbocycles. The number of aliphatic hydroxyl groups excluding tert-OH is 1. The molecule has 2 aromatic heterocycles. The summed E-state index contributed by atoms with van der Waals surface area (Å²) >= 11 is 0. The molecule has 1 fully saturated rings.